The van der Waals surface area contributed by atoms with Crippen molar-refractivity contribution >= 4 is 10.9 Å². The number of hydrogen-bond donors (Lipinski definition) is 1. The van der Waals surface area contributed by atoms with E-state index in [1.807, 2.05) is 49.4 Å². The molecule has 0 fully saturated rings. The summed E-state index contributed by atoms with van der Waals surface area (Å²) in [6.07, 6.45) is 0. The number of aromatic nitrogens is 1. The predicted octanol–water partition coefficient (Wildman–Crippen LogP) is 3.70. The molecule has 0 atom stereocenters. The third-order valence-corrected chi connectivity index (χ3v) is 3.38. The van der Waals surface area contributed by atoms with Gasteiger partial charge in [0.1, 0.15) is 5.75 Å². The molecule has 3 aromatic rings. The van der Waals surface area contributed by atoms with Crippen LogP contribution in [0.25, 0.3) is 10.9 Å². The molecule has 0 aliphatic heterocycles. The van der Waals surface area contributed by atoms with E-state index in [4.69, 9.17) is 0 Å². The SMILES string of the molecule is Cc1c(O)c2ccccc2n1Cc1ccccc1. The van der Waals surface area contributed by atoms with Crippen molar-refractivity contribution in [2.45, 2.75) is 13.5 Å². The van der Waals surface area contributed by atoms with Crippen LogP contribution in [0, 0.1) is 6.92 Å². The molecule has 1 aromatic heterocycles. The minimum atomic E-state index is 0.390. The first kappa shape index (κ1) is 10.9. The highest BCUT2D eigenvalue weighted by molar-refractivity contribution is 5.88. The minimum absolute atomic E-state index is 0.390. The molecule has 3 rings (SSSR count). The summed E-state index contributed by atoms with van der Waals surface area (Å²) in [5.74, 6) is 0.390. The van der Waals surface area contributed by atoms with Gasteiger partial charge in [-0.25, -0.2) is 0 Å². The Morgan fingerprint density at radius 3 is 2.39 bits per heavy atom. The van der Waals surface area contributed by atoms with E-state index in [2.05, 4.69) is 16.7 Å². The number of rotatable bonds is 2. The van der Waals surface area contributed by atoms with Gasteiger partial charge in [0, 0.05) is 11.9 Å². The zero-order valence-electron chi connectivity index (χ0n) is 10.3. The second kappa shape index (κ2) is 4.22. The van der Waals surface area contributed by atoms with Crippen LogP contribution in [0.15, 0.2) is 54.6 Å². The number of nitrogens with zero attached hydrogens (tertiary/aromatic N) is 1. The van der Waals surface area contributed by atoms with E-state index in [0.717, 1.165) is 23.1 Å². The monoisotopic (exact) mass is 237 g/mol. The van der Waals surface area contributed by atoms with Crippen LogP contribution in [-0.4, -0.2) is 9.67 Å². The van der Waals surface area contributed by atoms with E-state index >= 15 is 0 Å². The maximum atomic E-state index is 10.1. The summed E-state index contributed by atoms with van der Waals surface area (Å²) in [5, 5.41) is 11.1. The van der Waals surface area contributed by atoms with Crippen LogP contribution in [0.2, 0.25) is 0 Å². The van der Waals surface area contributed by atoms with Gasteiger partial charge in [-0.2, -0.15) is 0 Å². The number of fused-ring (bicyclic) bond motifs is 1. The molecule has 0 aliphatic carbocycles. The summed E-state index contributed by atoms with van der Waals surface area (Å²) in [6, 6.07) is 18.3. The van der Waals surface area contributed by atoms with E-state index in [9.17, 15) is 5.11 Å². The van der Waals surface area contributed by atoms with E-state index < -0.39 is 0 Å². The number of hydrogen-bond acceptors (Lipinski definition) is 1. The molecule has 1 N–H and O–H groups in total. The van der Waals surface area contributed by atoms with Crippen LogP contribution < -0.4 is 0 Å². The predicted molar refractivity (Wildman–Crippen MR) is 73.9 cm³/mol. The highest BCUT2D eigenvalue weighted by Crippen LogP contribution is 2.31. The Bertz CT molecular complexity index is 683. The van der Waals surface area contributed by atoms with Crippen LogP contribution in [-0.2, 0) is 6.54 Å². The standard InChI is InChI=1S/C16H15NO/c1-12-16(18)14-9-5-6-10-15(14)17(12)11-13-7-3-2-4-8-13/h2-10,18H,11H2,1H3. The summed E-state index contributed by atoms with van der Waals surface area (Å²) in [4.78, 5) is 0. The van der Waals surface area contributed by atoms with Crippen LogP contribution in [0.1, 0.15) is 11.3 Å². The Kier molecular flexibility index (Phi) is 2.56. The van der Waals surface area contributed by atoms with Crippen molar-refractivity contribution in [3.63, 3.8) is 0 Å². The zero-order chi connectivity index (χ0) is 12.5. The molecule has 0 saturated heterocycles. The van der Waals surface area contributed by atoms with Gasteiger partial charge in [-0.05, 0) is 24.6 Å². The molecule has 90 valence electrons. The molecular formula is C16H15NO. The van der Waals surface area contributed by atoms with Crippen molar-refractivity contribution in [1.82, 2.24) is 4.57 Å². The van der Waals surface area contributed by atoms with Gasteiger partial charge in [-0.15, -0.1) is 0 Å². The number of aromatic hydroxyl groups is 1. The highest BCUT2D eigenvalue weighted by Gasteiger charge is 2.12. The lowest BCUT2D eigenvalue weighted by atomic mass is 10.2. The summed E-state index contributed by atoms with van der Waals surface area (Å²) in [7, 11) is 0. The summed E-state index contributed by atoms with van der Waals surface area (Å²) < 4.78 is 2.15. The molecule has 0 radical (unpaired) electrons. The van der Waals surface area contributed by atoms with E-state index in [1.54, 1.807) is 0 Å². The first-order valence-corrected chi connectivity index (χ1v) is 6.08. The lowest BCUT2D eigenvalue weighted by molar-refractivity contribution is 0.473. The molecule has 0 saturated carbocycles. The van der Waals surface area contributed by atoms with Crippen LogP contribution >= 0.6 is 0 Å². The van der Waals surface area contributed by atoms with Gasteiger partial charge in [0.05, 0.1) is 11.2 Å². The molecular weight excluding hydrogens is 222 g/mol. The third-order valence-electron chi connectivity index (χ3n) is 3.38. The van der Waals surface area contributed by atoms with Gasteiger partial charge in [0.25, 0.3) is 0 Å². The summed E-state index contributed by atoms with van der Waals surface area (Å²) in [6.45, 7) is 2.74. The number of para-hydroxylation sites is 1. The van der Waals surface area contributed by atoms with Crippen molar-refractivity contribution in [2.24, 2.45) is 0 Å². The zero-order valence-corrected chi connectivity index (χ0v) is 10.3. The van der Waals surface area contributed by atoms with E-state index in [0.29, 0.717) is 5.75 Å². The first-order chi connectivity index (χ1) is 8.77. The molecule has 0 amide bonds. The summed E-state index contributed by atoms with van der Waals surface area (Å²) >= 11 is 0. The third kappa shape index (κ3) is 1.66. The van der Waals surface area contributed by atoms with Crippen molar-refractivity contribution < 1.29 is 5.11 Å². The molecule has 18 heavy (non-hydrogen) atoms. The normalized spacial score (nSPS) is 10.9. The number of benzene rings is 2. The molecule has 0 unspecified atom stereocenters. The van der Waals surface area contributed by atoms with Crippen LogP contribution in [0.4, 0.5) is 0 Å². The lowest BCUT2D eigenvalue weighted by Gasteiger charge is -2.08. The van der Waals surface area contributed by atoms with Crippen LogP contribution in [0.5, 0.6) is 5.75 Å². The van der Waals surface area contributed by atoms with Gasteiger partial charge in [0.15, 0.2) is 0 Å². The minimum Gasteiger partial charge on any atom is -0.505 e. The van der Waals surface area contributed by atoms with Gasteiger partial charge in [-0.3, -0.25) is 0 Å². The smallest absolute Gasteiger partial charge is 0.144 e. The second-order valence-electron chi connectivity index (χ2n) is 4.52. The fourth-order valence-corrected chi connectivity index (χ4v) is 2.38. The Hall–Kier alpha value is -2.22. The Labute approximate surface area is 106 Å². The maximum Gasteiger partial charge on any atom is 0.144 e. The van der Waals surface area contributed by atoms with Crippen molar-refractivity contribution in [2.75, 3.05) is 0 Å². The molecule has 2 nitrogen and oxygen atoms in total. The lowest BCUT2D eigenvalue weighted by Crippen LogP contribution is -2.01. The van der Waals surface area contributed by atoms with Crippen molar-refractivity contribution in [1.29, 1.82) is 0 Å². The van der Waals surface area contributed by atoms with Crippen molar-refractivity contribution in [3.05, 3.63) is 65.9 Å². The average molecular weight is 237 g/mol. The Balaban J connectivity index is 2.15. The van der Waals surface area contributed by atoms with Gasteiger partial charge >= 0.3 is 0 Å². The van der Waals surface area contributed by atoms with Gasteiger partial charge in [0.2, 0.25) is 0 Å². The largest absolute Gasteiger partial charge is 0.505 e. The fourth-order valence-electron chi connectivity index (χ4n) is 2.38. The molecule has 0 bridgehead atoms. The van der Waals surface area contributed by atoms with E-state index in [1.165, 1.54) is 5.56 Å². The second-order valence-corrected chi connectivity index (χ2v) is 4.52. The van der Waals surface area contributed by atoms with Gasteiger partial charge < -0.3 is 9.67 Å². The molecule has 1 heterocycles. The maximum absolute atomic E-state index is 10.1. The van der Waals surface area contributed by atoms with Crippen molar-refractivity contribution in [3.8, 4) is 5.75 Å². The fraction of sp³-hybridized carbons (Fsp3) is 0.125. The highest BCUT2D eigenvalue weighted by atomic mass is 16.3. The Morgan fingerprint density at radius 1 is 0.944 bits per heavy atom. The van der Waals surface area contributed by atoms with E-state index in [-0.39, 0.29) is 0 Å². The molecule has 0 aliphatic rings. The average Bonchev–Trinajstić information content (AvgIpc) is 2.66. The Morgan fingerprint density at radius 2 is 1.61 bits per heavy atom. The van der Waals surface area contributed by atoms with Gasteiger partial charge in [-0.1, -0.05) is 42.5 Å². The molecule has 0 spiro atoms. The quantitative estimate of drug-likeness (QED) is 0.722. The molecule has 2 heteroatoms. The summed E-state index contributed by atoms with van der Waals surface area (Å²) in [5.41, 5.74) is 3.23. The topological polar surface area (TPSA) is 25.2 Å². The molecule has 2 aromatic carbocycles. The van der Waals surface area contributed by atoms with Crippen LogP contribution in [0.3, 0.4) is 0 Å². The first-order valence-electron chi connectivity index (χ1n) is 6.08.